The van der Waals surface area contributed by atoms with E-state index in [1.165, 1.54) is 44.6 Å². The first-order chi connectivity index (χ1) is 10.5. The Hall–Kier alpha value is -1.58. The Bertz CT molecular complexity index is 543. The van der Waals surface area contributed by atoms with E-state index in [1.807, 2.05) is 0 Å². The first-order valence-corrected chi connectivity index (χ1v) is 8.25. The van der Waals surface area contributed by atoms with Crippen LogP contribution in [-0.4, -0.2) is 11.9 Å². The Morgan fingerprint density at radius 1 is 1.05 bits per heavy atom. The van der Waals surface area contributed by atoms with Gasteiger partial charge in [0, 0.05) is 11.1 Å². The third-order valence-electron chi connectivity index (χ3n) is 5.81. The molecule has 2 bridgehead atoms. The van der Waals surface area contributed by atoms with Gasteiger partial charge < -0.3 is 0 Å². The van der Waals surface area contributed by atoms with Crippen LogP contribution in [0.3, 0.4) is 0 Å². The molecule has 22 heavy (non-hydrogen) atoms. The van der Waals surface area contributed by atoms with Crippen LogP contribution in [0.4, 0.5) is 0 Å². The standard InChI is InChI=1S/C18H24O4/c1-10(2)17(19)21-22-18(20)11(3)15-8-13-6-4-5-12-7-14(15)9-16(12)13/h12-14,16H,1,4-9H2,2-3H3/b15-11+. The number of hydrogen-bond donors (Lipinski definition) is 0. The predicted octanol–water partition coefficient (Wildman–Crippen LogP) is 3.73. The lowest BCUT2D eigenvalue weighted by atomic mass is 9.68. The van der Waals surface area contributed by atoms with Crippen LogP contribution in [0.2, 0.25) is 0 Å². The summed E-state index contributed by atoms with van der Waals surface area (Å²) < 4.78 is 0. The van der Waals surface area contributed by atoms with Crippen LogP contribution in [0, 0.1) is 23.7 Å². The van der Waals surface area contributed by atoms with Crippen LogP contribution < -0.4 is 0 Å². The molecule has 3 aliphatic carbocycles. The third-order valence-corrected chi connectivity index (χ3v) is 5.81. The van der Waals surface area contributed by atoms with Gasteiger partial charge in [0.25, 0.3) is 0 Å². The molecule has 4 nitrogen and oxygen atoms in total. The second-order valence-corrected chi connectivity index (χ2v) is 7.16. The zero-order valence-corrected chi connectivity index (χ0v) is 13.4. The molecule has 0 spiro atoms. The lowest BCUT2D eigenvalue weighted by Gasteiger charge is -2.36. The fraction of sp³-hybridized carbons (Fsp3) is 0.667. The maximum Gasteiger partial charge on any atom is 0.382 e. The van der Waals surface area contributed by atoms with Crippen molar-refractivity contribution >= 4 is 11.9 Å². The summed E-state index contributed by atoms with van der Waals surface area (Å²) in [5.41, 5.74) is 2.08. The number of rotatable bonds is 2. The van der Waals surface area contributed by atoms with Gasteiger partial charge in [0.2, 0.25) is 0 Å². The van der Waals surface area contributed by atoms with E-state index in [-0.39, 0.29) is 5.57 Å². The molecule has 4 atom stereocenters. The number of allylic oxidation sites excluding steroid dienone is 1. The van der Waals surface area contributed by atoms with Crippen LogP contribution >= 0.6 is 0 Å². The summed E-state index contributed by atoms with van der Waals surface area (Å²) in [7, 11) is 0. The highest BCUT2D eigenvalue weighted by atomic mass is 17.2. The lowest BCUT2D eigenvalue weighted by molar-refractivity contribution is -0.252. The Balaban J connectivity index is 1.71. The normalized spacial score (nSPS) is 34.8. The predicted molar refractivity (Wildman–Crippen MR) is 81.4 cm³/mol. The lowest BCUT2D eigenvalue weighted by Crippen LogP contribution is -2.27. The molecule has 0 N–H and O–H groups in total. The summed E-state index contributed by atoms with van der Waals surface area (Å²) in [6.07, 6.45) is 7.41. The Labute approximate surface area is 131 Å². The summed E-state index contributed by atoms with van der Waals surface area (Å²) in [6.45, 7) is 6.77. The van der Waals surface area contributed by atoms with Gasteiger partial charge in [-0.15, -0.1) is 0 Å². The molecular formula is C18H24O4. The zero-order valence-electron chi connectivity index (χ0n) is 13.4. The minimum Gasteiger partial charge on any atom is -0.242 e. The average Bonchev–Trinajstić information content (AvgIpc) is 2.91. The highest BCUT2D eigenvalue weighted by Gasteiger charge is 2.47. The molecule has 0 aliphatic heterocycles. The van der Waals surface area contributed by atoms with Crippen LogP contribution in [0.1, 0.15) is 52.4 Å². The highest BCUT2D eigenvalue weighted by Crippen LogP contribution is 2.57. The van der Waals surface area contributed by atoms with Crippen molar-refractivity contribution in [3.63, 3.8) is 0 Å². The summed E-state index contributed by atoms with van der Waals surface area (Å²) in [5.74, 6) is 1.73. The van der Waals surface area contributed by atoms with Gasteiger partial charge >= 0.3 is 11.9 Å². The molecule has 0 aromatic carbocycles. The van der Waals surface area contributed by atoms with Gasteiger partial charge in [-0.3, -0.25) is 0 Å². The Morgan fingerprint density at radius 2 is 1.73 bits per heavy atom. The Kier molecular flexibility index (Phi) is 4.11. The molecule has 0 aromatic rings. The third kappa shape index (κ3) is 2.71. The topological polar surface area (TPSA) is 52.6 Å². The van der Waals surface area contributed by atoms with Crippen LogP contribution in [0.25, 0.3) is 0 Å². The van der Waals surface area contributed by atoms with Gasteiger partial charge in [0.1, 0.15) is 0 Å². The highest BCUT2D eigenvalue weighted by molar-refractivity contribution is 5.91. The molecular weight excluding hydrogens is 280 g/mol. The van der Waals surface area contributed by atoms with E-state index in [0.717, 1.165) is 24.2 Å². The van der Waals surface area contributed by atoms with Crippen molar-refractivity contribution in [1.82, 2.24) is 0 Å². The zero-order chi connectivity index (χ0) is 15.9. The van der Waals surface area contributed by atoms with Crippen molar-refractivity contribution < 1.29 is 19.4 Å². The van der Waals surface area contributed by atoms with Gasteiger partial charge in [-0.05, 0) is 63.2 Å². The van der Waals surface area contributed by atoms with Gasteiger partial charge in [-0.2, -0.15) is 0 Å². The van der Waals surface area contributed by atoms with E-state index in [2.05, 4.69) is 11.5 Å². The van der Waals surface area contributed by atoms with E-state index in [0.29, 0.717) is 11.5 Å². The molecule has 4 unspecified atom stereocenters. The van der Waals surface area contributed by atoms with Crippen molar-refractivity contribution in [2.45, 2.75) is 52.4 Å². The second-order valence-electron chi connectivity index (χ2n) is 7.16. The fourth-order valence-corrected chi connectivity index (χ4v) is 4.71. The molecule has 0 amide bonds. The fourth-order valence-electron chi connectivity index (χ4n) is 4.71. The number of carbonyl (C=O) groups excluding carboxylic acids is 2. The van der Waals surface area contributed by atoms with E-state index in [1.54, 1.807) is 6.92 Å². The van der Waals surface area contributed by atoms with E-state index in [9.17, 15) is 9.59 Å². The van der Waals surface area contributed by atoms with Crippen molar-refractivity contribution in [2.24, 2.45) is 23.7 Å². The van der Waals surface area contributed by atoms with Crippen LogP contribution in [0.15, 0.2) is 23.3 Å². The van der Waals surface area contributed by atoms with Crippen LogP contribution in [-0.2, 0) is 19.4 Å². The molecule has 3 rings (SSSR count). The van der Waals surface area contributed by atoms with Crippen LogP contribution in [0.5, 0.6) is 0 Å². The summed E-state index contributed by atoms with van der Waals surface area (Å²) in [4.78, 5) is 32.7. The van der Waals surface area contributed by atoms with Gasteiger partial charge in [-0.1, -0.05) is 25.0 Å². The first kappa shape index (κ1) is 15.3. The molecule has 3 aliphatic rings. The molecule has 0 aromatic heterocycles. The molecule has 0 heterocycles. The number of fused-ring (bicyclic) bond motifs is 1. The van der Waals surface area contributed by atoms with E-state index < -0.39 is 11.9 Å². The SMILES string of the molecule is C=C(C)C(=O)OOC(=O)/C(C)=C1\CC2CCCC3CC1CC23. The minimum absolute atomic E-state index is 0.211. The first-order valence-electron chi connectivity index (χ1n) is 8.25. The molecule has 3 fully saturated rings. The molecule has 4 heteroatoms. The minimum atomic E-state index is -0.702. The molecule has 0 saturated heterocycles. The van der Waals surface area contributed by atoms with Gasteiger partial charge in [-0.25, -0.2) is 19.4 Å². The average molecular weight is 304 g/mol. The number of hydrogen-bond acceptors (Lipinski definition) is 4. The smallest absolute Gasteiger partial charge is 0.242 e. The van der Waals surface area contributed by atoms with E-state index >= 15 is 0 Å². The molecule has 120 valence electrons. The van der Waals surface area contributed by atoms with Crippen molar-refractivity contribution in [2.75, 3.05) is 0 Å². The maximum absolute atomic E-state index is 12.1. The van der Waals surface area contributed by atoms with Crippen molar-refractivity contribution in [3.8, 4) is 0 Å². The monoisotopic (exact) mass is 304 g/mol. The summed E-state index contributed by atoms with van der Waals surface area (Å²) in [6, 6.07) is 0. The largest absolute Gasteiger partial charge is 0.382 e. The molecule has 0 radical (unpaired) electrons. The van der Waals surface area contributed by atoms with Crippen molar-refractivity contribution in [1.29, 1.82) is 0 Å². The maximum atomic E-state index is 12.1. The van der Waals surface area contributed by atoms with Crippen molar-refractivity contribution in [3.05, 3.63) is 23.3 Å². The number of carbonyl (C=O) groups is 2. The summed E-state index contributed by atoms with van der Waals surface area (Å²) in [5, 5.41) is 0. The molecule has 3 saturated carbocycles. The van der Waals surface area contributed by atoms with Gasteiger partial charge in [0.15, 0.2) is 0 Å². The second kappa shape index (κ2) is 5.90. The quantitative estimate of drug-likeness (QED) is 0.443. The summed E-state index contributed by atoms with van der Waals surface area (Å²) >= 11 is 0. The Morgan fingerprint density at radius 3 is 2.45 bits per heavy atom. The van der Waals surface area contributed by atoms with Gasteiger partial charge in [0.05, 0.1) is 0 Å². The van der Waals surface area contributed by atoms with E-state index in [4.69, 9.17) is 4.89 Å².